The fourth-order valence-electron chi connectivity index (χ4n) is 4.88. The third kappa shape index (κ3) is 9.85. The average Bonchev–Trinajstić information content (AvgIpc) is 2.89. The van der Waals surface area contributed by atoms with Crippen molar-refractivity contribution in [3.63, 3.8) is 0 Å². The highest BCUT2D eigenvalue weighted by Gasteiger charge is 2.30. The molecule has 5 nitrogen and oxygen atoms in total. The van der Waals surface area contributed by atoms with Gasteiger partial charge in [0.05, 0.1) is 0 Å². The van der Waals surface area contributed by atoms with E-state index in [2.05, 4.69) is 47.5 Å². The van der Waals surface area contributed by atoms with Crippen LogP contribution < -0.4 is 5.32 Å². The Balaban J connectivity index is 1.46. The van der Waals surface area contributed by atoms with Gasteiger partial charge in [0, 0.05) is 18.9 Å². The first-order valence-electron chi connectivity index (χ1n) is 13.5. The van der Waals surface area contributed by atoms with E-state index in [4.69, 9.17) is 4.74 Å². The summed E-state index contributed by atoms with van der Waals surface area (Å²) < 4.78 is 5.88. The number of hydrogen-bond donors (Lipinski definition) is 1. The molecule has 1 unspecified atom stereocenters. The third-order valence-electron chi connectivity index (χ3n) is 6.98. The van der Waals surface area contributed by atoms with Gasteiger partial charge in [-0.1, -0.05) is 99.7 Å². The second-order valence-electron chi connectivity index (χ2n) is 9.72. The van der Waals surface area contributed by atoms with Crippen LogP contribution in [0.4, 0.5) is 4.79 Å². The Bertz CT molecular complexity index is 864. The van der Waals surface area contributed by atoms with Gasteiger partial charge in [-0.3, -0.25) is 10.1 Å². The molecular weight excluding hydrogens is 436 g/mol. The van der Waals surface area contributed by atoms with Gasteiger partial charge in [-0.25, -0.2) is 4.79 Å². The lowest BCUT2D eigenvalue weighted by atomic mass is 9.87. The average molecular weight is 479 g/mol. The van der Waals surface area contributed by atoms with E-state index in [0.717, 1.165) is 63.7 Å². The van der Waals surface area contributed by atoms with Crippen LogP contribution in [0.2, 0.25) is 0 Å². The Morgan fingerprint density at radius 1 is 0.914 bits per heavy atom. The second-order valence-corrected chi connectivity index (χ2v) is 9.72. The zero-order valence-corrected chi connectivity index (χ0v) is 21.3. The number of amides is 2. The van der Waals surface area contributed by atoms with Crippen molar-refractivity contribution in [2.75, 3.05) is 19.6 Å². The van der Waals surface area contributed by atoms with Crippen LogP contribution in [0.3, 0.4) is 0 Å². The van der Waals surface area contributed by atoms with Gasteiger partial charge in [0.1, 0.15) is 6.10 Å². The number of carbonyl (C=O) groups excluding carboxylic acids is 2. The van der Waals surface area contributed by atoms with Gasteiger partial charge in [-0.2, -0.15) is 0 Å². The molecule has 190 valence electrons. The third-order valence-corrected chi connectivity index (χ3v) is 6.98. The van der Waals surface area contributed by atoms with Crippen molar-refractivity contribution in [2.24, 2.45) is 5.92 Å². The zero-order valence-electron chi connectivity index (χ0n) is 21.3. The summed E-state index contributed by atoms with van der Waals surface area (Å²) in [7, 11) is 0. The van der Waals surface area contributed by atoms with Crippen molar-refractivity contribution in [3.05, 3.63) is 71.8 Å². The van der Waals surface area contributed by atoms with Gasteiger partial charge in [-0.05, 0) is 49.9 Å². The maximum absolute atomic E-state index is 12.6. The van der Waals surface area contributed by atoms with Gasteiger partial charge in [0.25, 0.3) is 0 Å². The van der Waals surface area contributed by atoms with Crippen LogP contribution >= 0.6 is 0 Å². The number of ether oxygens (including phenoxy) is 1. The lowest BCUT2D eigenvalue weighted by Gasteiger charge is -2.35. The molecule has 0 bridgehead atoms. The molecule has 0 saturated carbocycles. The van der Waals surface area contributed by atoms with Crippen LogP contribution in [0.25, 0.3) is 0 Å². The molecule has 35 heavy (non-hydrogen) atoms. The fraction of sp³-hybridized carbons (Fsp3) is 0.533. The summed E-state index contributed by atoms with van der Waals surface area (Å²) in [4.78, 5) is 27.4. The minimum absolute atomic E-state index is 0.241. The van der Waals surface area contributed by atoms with Crippen molar-refractivity contribution >= 4 is 12.0 Å². The Morgan fingerprint density at radius 3 is 2.23 bits per heavy atom. The molecule has 2 amide bonds. The Morgan fingerprint density at radius 2 is 1.54 bits per heavy atom. The maximum atomic E-state index is 12.6. The van der Waals surface area contributed by atoms with E-state index in [1.54, 1.807) is 0 Å². The minimum atomic E-state index is -0.624. The van der Waals surface area contributed by atoms with Crippen LogP contribution in [0, 0.1) is 5.92 Å². The summed E-state index contributed by atoms with van der Waals surface area (Å²) in [6.45, 7) is 5.21. The molecular formula is C30H42N2O3. The molecule has 0 radical (unpaired) electrons. The molecule has 1 fully saturated rings. The molecule has 1 saturated heterocycles. The number of nitrogens with one attached hydrogen (secondary N) is 1. The molecule has 1 N–H and O–H groups in total. The normalized spacial score (nSPS) is 15.5. The van der Waals surface area contributed by atoms with Gasteiger partial charge in [0.2, 0.25) is 5.91 Å². The van der Waals surface area contributed by atoms with E-state index in [0.29, 0.717) is 6.42 Å². The van der Waals surface area contributed by atoms with Gasteiger partial charge in [-0.15, -0.1) is 0 Å². The van der Waals surface area contributed by atoms with E-state index < -0.39 is 6.09 Å². The van der Waals surface area contributed by atoms with Crippen LogP contribution in [-0.4, -0.2) is 36.5 Å². The number of benzene rings is 2. The molecule has 1 heterocycles. The number of rotatable bonds is 13. The summed E-state index contributed by atoms with van der Waals surface area (Å²) >= 11 is 0. The van der Waals surface area contributed by atoms with E-state index in [1.165, 1.54) is 24.8 Å². The lowest BCUT2D eigenvalue weighted by molar-refractivity contribution is -0.120. The van der Waals surface area contributed by atoms with Crippen molar-refractivity contribution in [1.82, 2.24) is 10.2 Å². The lowest BCUT2D eigenvalue weighted by Crippen LogP contribution is -2.39. The number of likely N-dealkylation sites (tertiary alicyclic amines) is 1. The highest BCUT2D eigenvalue weighted by atomic mass is 16.6. The molecule has 0 aromatic heterocycles. The largest absolute Gasteiger partial charge is 0.441 e. The standard InChI is InChI=1S/C30H42N2O3/c1-2-3-4-5-6-13-18-28(33)31-30(34)35-29(26-16-11-8-12-17-26)27-20-23-32(24-21-27)22-19-25-14-9-7-10-15-25/h7-12,14-17,27,29H,2-6,13,18-24H2,1H3,(H,31,33,34). The molecule has 2 aromatic carbocycles. The number of hydrogen-bond acceptors (Lipinski definition) is 4. The number of carbonyl (C=O) groups is 2. The van der Waals surface area contributed by atoms with E-state index in [-0.39, 0.29) is 17.9 Å². The molecule has 1 aliphatic rings. The fourth-order valence-corrected chi connectivity index (χ4v) is 4.88. The van der Waals surface area contributed by atoms with Gasteiger partial charge in [0.15, 0.2) is 0 Å². The second kappa shape index (κ2) is 15.4. The first-order chi connectivity index (χ1) is 17.2. The number of alkyl carbamates (subject to hydrolysis) is 1. The summed E-state index contributed by atoms with van der Waals surface area (Å²) in [6.07, 6.45) is 9.04. The Kier molecular flexibility index (Phi) is 11.8. The van der Waals surface area contributed by atoms with Crippen molar-refractivity contribution < 1.29 is 14.3 Å². The smallest absolute Gasteiger partial charge is 0.414 e. The monoisotopic (exact) mass is 478 g/mol. The molecule has 1 atom stereocenters. The Hall–Kier alpha value is -2.66. The van der Waals surface area contributed by atoms with E-state index >= 15 is 0 Å². The number of piperidine rings is 1. The first kappa shape index (κ1) is 26.9. The number of imide groups is 1. The van der Waals surface area contributed by atoms with Crippen LogP contribution in [-0.2, 0) is 16.0 Å². The van der Waals surface area contributed by atoms with Crippen molar-refractivity contribution in [1.29, 1.82) is 0 Å². The minimum Gasteiger partial charge on any atom is -0.441 e. The highest BCUT2D eigenvalue weighted by Crippen LogP contribution is 2.34. The number of nitrogens with zero attached hydrogens (tertiary/aromatic N) is 1. The quantitative estimate of drug-likeness (QED) is 0.326. The van der Waals surface area contributed by atoms with Gasteiger partial charge >= 0.3 is 6.09 Å². The van der Waals surface area contributed by atoms with E-state index in [9.17, 15) is 9.59 Å². The first-order valence-corrected chi connectivity index (χ1v) is 13.5. The number of unbranched alkanes of at least 4 members (excludes halogenated alkanes) is 5. The SMILES string of the molecule is CCCCCCCCC(=O)NC(=O)OC(c1ccccc1)C1CCN(CCc2ccccc2)CC1. The van der Waals surface area contributed by atoms with Crippen molar-refractivity contribution in [2.45, 2.75) is 77.2 Å². The summed E-state index contributed by atoms with van der Waals surface area (Å²) in [5.41, 5.74) is 2.36. The summed E-state index contributed by atoms with van der Waals surface area (Å²) in [5.74, 6) is -0.00201. The summed E-state index contributed by atoms with van der Waals surface area (Å²) in [6, 6.07) is 20.5. The van der Waals surface area contributed by atoms with Crippen LogP contribution in [0.1, 0.15) is 81.9 Å². The molecule has 3 rings (SSSR count). The summed E-state index contributed by atoms with van der Waals surface area (Å²) in [5, 5.41) is 2.46. The van der Waals surface area contributed by atoms with Crippen LogP contribution in [0.5, 0.6) is 0 Å². The molecule has 0 spiro atoms. The highest BCUT2D eigenvalue weighted by molar-refractivity contribution is 5.91. The van der Waals surface area contributed by atoms with E-state index in [1.807, 2.05) is 30.3 Å². The topological polar surface area (TPSA) is 58.6 Å². The van der Waals surface area contributed by atoms with Gasteiger partial charge < -0.3 is 9.64 Å². The predicted octanol–water partition coefficient (Wildman–Crippen LogP) is 6.69. The molecule has 5 heteroatoms. The molecule has 2 aromatic rings. The predicted molar refractivity (Wildman–Crippen MR) is 141 cm³/mol. The maximum Gasteiger partial charge on any atom is 0.414 e. The Labute approximate surface area is 211 Å². The zero-order chi connectivity index (χ0) is 24.7. The molecule has 1 aliphatic heterocycles. The van der Waals surface area contributed by atoms with Crippen molar-refractivity contribution in [3.8, 4) is 0 Å². The molecule has 0 aliphatic carbocycles. The van der Waals surface area contributed by atoms with Crippen LogP contribution in [0.15, 0.2) is 60.7 Å².